The quantitative estimate of drug-likeness (QED) is 0.829. The van der Waals surface area contributed by atoms with E-state index in [4.69, 9.17) is 11.6 Å². The Morgan fingerprint density at radius 3 is 2.26 bits per heavy atom. The van der Waals surface area contributed by atoms with Gasteiger partial charge in [-0.25, -0.2) is 9.97 Å². The minimum atomic E-state index is 0.605. The largest absolute Gasteiger partial charge is 0.338 e. The molecule has 3 aliphatic rings. The lowest BCUT2D eigenvalue weighted by Crippen LogP contribution is -2.59. The monoisotopic (exact) mass is 278 g/mol. The second-order valence-corrected chi connectivity index (χ2v) is 6.60. The van der Waals surface area contributed by atoms with E-state index in [2.05, 4.69) is 19.8 Å². The molecule has 0 amide bonds. The molecule has 0 spiro atoms. The highest BCUT2D eigenvalue weighted by molar-refractivity contribution is 6.30. The third kappa shape index (κ3) is 2.11. The van der Waals surface area contributed by atoms with Crippen molar-refractivity contribution in [3.05, 3.63) is 17.4 Å². The number of hydrogen-bond acceptors (Lipinski definition) is 4. The van der Waals surface area contributed by atoms with E-state index >= 15 is 0 Å². The van der Waals surface area contributed by atoms with Crippen LogP contribution in [0, 0.1) is 11.8 Å². The van der Waals surface area contributed by atoms with Crippen LogP contribution in [-0.2, 0) is 0 Å². The molecule has 1 saturated carbocycles. The first-order chi connectivity index (χ1) is 9.29. The summed E-state index contributed by atoms with van der Waals surface area (Å²) in [5.74, 6) is 2.79. The van der Waals surface area contributed by atoms with Crippen LogP contribution in [0.15, 0.2) is 12.4 Å². The number of nitrogens with zero attached hydrogens (tertiary/aromatic N) is 4. The lowest BCUT2D eigenvalue weighted by atomic mass is 10.0. The van der Waals surface area contributed by atoms with Crippen molar-refractivity contribution in [2.24, 2.45) is 11.8 Å². The van der Waals surface area contributed by atoms with Crippen molar-refractivity contribution >= 4 is 17.5 Å². The van der Waals surface area contributed by atoms with Crippen LogP contribution in [0.25, 0.3) is 0 Å². The zero-order valence-electron chi connectivity index (χ0n) is 11.0. The highest BCUT2D eigenvalue weighted by atomic mass is 35.5. The molecule has 2 unspecified atom stereocenters. The second-order valence-electron chi connectivity index (χ2n) is 6.17. The van der Waals surface area contributed by atoms with Crippen LogP contribution in [0.3, 0.4) is 0 Å². The van der Waals surface area contributed by atoms with Crippen LogP contribution in [0.2, 0.25) is 5.02 Å². The molecule has 1 aromatic heterocycles. The number of aromatic nitrogens is 2. The second kappa shape index (κ2) is 4.60. The number of hydrogen-bond donors (Lipinski definition) is 0. The summed E-state index contributed by atoms with van der Waals surface area (Å²) < 4.78 is 0. The van der Waals surface area contributed by atoms with Gasteiger partial charge in [-0.3, -0.25) is 4.90 Å². The van der Waals surface area contributed by atoms with Gasteiger partial charge in [-0.2, -0.15) is 0 Å². The van der Waals surface area contributed by atoms with E-state index in [0.29, 0.717) is 11.1 Å². The predicted molar refractivity (Wildman–Crippen MR) is 75.4 cm³/mol. The molecule has 0 bridgehead atoms. The van der Waals surface area contributed by atoms with Crippen LogP contribution < -0.4 is 4.90 Å². The Balaban J connectivity index is 1.34. The van der Waals surface area contributed by atoms with Crippen LogP contribution in [0.1, 0.15) is 19.3 Å². The zero-order chi connectivity index (χ0) is 12.8. The van der Waals surface area contributed by atoms with Crippen molar-refractivity contribution in [3.63, 3.8) is 0 Å². The van der Waals surface area contributed by atoms with Gasteiger partial charge in [0.05, 0.1) is 17.4 Å². The van der Waals surface area contributed by atoms with Crippen molar-refractivity contribution < 1.29 is 0 Å². The number of fused-ring (bicyclic) bond motifs is 1. The summed E-state index contributed by atoms with van der Waals surface area (Å²) >= 11 is 5.81. The summed E-state index contributed by atoms with van der Waals surface area (Å²) in [6.07, 6.45) is 7.73. The molecule has 3 fully saturated rings. The Morgan fingerprint density at radius 1 is 1.00 bits per heavy atom. The van der Waals surface area contributed by atoms with Crippen LogP contribution in [0.4, 0.5) is 5.95 Å². The summed E-state index contributed by atoms with van der Waals surface area (Å²) in [7, 11) is 0. The van der Waals surface area contributed by atoms with E-state index in [-0.39, 0.29) is 0 Å². The van der Waals surface area contributed by atoms with Gasteiger partial charge in [0, 0.05) is 32.2 Å². The van der Waals surface area contributed by atoms with Gasteiger partial charge in [0.25, 0.3) is 0 Å². The minimum absolute atomic E-state index is 0.605. The van der Waals surface area contributed by atoms with E-state index in [1.807, 2.05) is 0 Å². The summed E-state index contributed by atoms with van der Waals surface area (Å²) in [6, 6.07) is 0.713. The molecule has 19 heavy (non-hydrogen) atoms. The van der Waals surface area contributed by atoms with E-state index < -0.39 is 0 Å². The molecule has 2 saturated heterocycles. The predicted octanol–water partition coefficient (Wildman–Crippen LogP) is 2.05. The summed E-state index contributed by atoms with van der Waals surface area (Å²) in [5, 5.41) is 0.605. The topological polar surface area (TPSA) is 32.3 Å². The first-order valence-corrected chi connectivity index (χ1v) is 7.64. The van der Waals surface area contributed by atoms with Gasteiger partial charge in [-0.05, 0) is 24.7 Å². The maximum atomic E-state index is 5.81. The van der Waals surface area contributed by atoms with Gasteiger partial charge in [-0.1, -0.05) is 18.0 Å². The average Bonchev–Trinajstić information content (AvgIpc) is 2.90. The summed E-state index contributed by atoms with van der Waals surface area (Å²) in [5.41, 5.74) is 0. The van der Waals surface area contributed by atoms with Gasteiger partial charge < -0.3 is 4.90 Å². The lowest BCUT2D eigenvalue weighted by molar-refractivity contribution is 0.189. The third-order valence-corrected chi connectivity index (χ3v) is 5.22. The highest BCUT2D eigenvalue weighted by Gasteiger charge is 2.42. The molecular formula is C14H19ClN4. The van der Waals surface area contributed by atoms with E-state index in [9.17, 15) is 0 Å². The van der Waals surface area contributed by atoms with Crippen molar-refractivity contribution in [2.45, 2.75) is 25.3 Å². The molecule has 0 radical (unpaired) electrons. The first kappa shape index (κ1) is 11.9. The van der Waals surface area contributed by atoms with Gasteiger partial charge in [0.15, 0.2) is 0 Å². The molecule has 0 N–H and O–H groups in total. The fraction of sp³-hybridized carbons (Fsp3) is 0.714. The molecule has 2 atom stereocenters. The van der Waals surface area contributed by atoms with E-state index in [1.54, 1.807) is 12.4 Å². The van der Waals surface area contributed by atoms with E-state index in [0.717, 1.165) is 30.9 Å². The van der Waals surface area contributed by atoms with E-state index in [1.165, 1.54) is 32.4 Å². The molecule has 4 nitrogen and oxygen atoms in total. The van der Waals surface area contributed by atoms with Gasteiger partial charge >= 0.3 is 0 Å². The number of anilines is 1. The molecule has 2 aliphatic heterocycles. The summed E-state index contributed by atoms with van der Waals surface area (Å²) in [6.45, 7) is 4.79. The smallest absolute Gasteiger partial charge is 0.225 e. The Bertz CT molecular complexity index is 445. The minimum Gasteiger partial charge on any atom is -0.338 e. The zero-order valence-corrected chi connectivity index (χ0v) is 11.8. The fourth-order valence-electron chi connectivity index (χ4n) is 3.89. The third-order valence-electron chi connectivity index (χ3n) is 5.02. The molecular weight excluding hydrogens is 260 g/mol. The normalized spacial score (nSPS) is 31.5. The number of likely N-dealkylation sites (tertiary alicyclic amines) is 1. The van der Waals surface area contributed by atoms with Gasteiger partial charge in [0.1, 0.15) is 0 Å². The highest BCUT2D eigenvalue weighted by Crippen LogP contribution is 2.39. The van der Waals surface area contributed by atoms with Crippen molar-refractivity contribution in [1.82, 2.24) is 14.9 Å². The fourth-order valence-corrected chi connectivity index (χ4v) is 3.99. The first-order valence-electron chi connectivity index (χ1n) is 7.26. The standard InChI is InChI=1S/C14H19ClN4/c15-12-4-16-14(17-5-12)19-8-13(9-19)18-6-10-2-1-3-11(10)7-18/h4-5,10-11,13H,1-3,6-9H2. The molecule has 1 aromatic rings. The van der Waals surface area contributed by atoms with Gasteiger partial charge in [0.2, 0.25) is 5.95 Å². The van der Waals surface area contributed by atoms with Crippen LogP contribution >= 0.6 is 11.6 Å². The SMILES string of the molecule is Clc1cnc(N2CC(N3CC4CCCC4C3)C2)nc1. The van der Waals surface area contributed by atoms with Crippen molar-refractivity contribution in [2.75, 3.05) is 31.1 Å². The number of halogens is 1. The van der Waals surface area contributed by atoms with Gasteiger partial charge in [-0.15, -0.1) is 0 Å². The molecule has 102 valence electrons. The Kier molecular flexibility index (Phi) is 2.88. The Morgan fingerprint density at radius 2 is 1.63 bits per heavy atom. The molecule has 1 aliphatic carbocycles. The van der Waals surface area contributed by atoms with Crippen LogP contribution in [-0.4, -0.2) is 47.1 Å². The molecule has 5 heteroatoms. The molecule has 4 rings (SSSR count). The lowest BCUT2D eigenvalue weighted by Gasteiger charge is -2.44. The Labute approximate surface area is 118 Å². The molecule has 0 aromatic carbocycles. The summed E-state index contributed by atoms with van der Waals surface area (Å²) in [4.78, 5) is 13.5. The van der Waals surface area contributed by atoms with Crippen LogP contribution in [0.5, 0.6) is 0 Å². The average molecular weight is 279 g/mol. The van der Waals surface area contributed by atoms with Crippen molar-refractivity contribution in [1.29, 1.82) is 0 Å². The maximum absolute atomic E-state index is 5.81. The van der Waals surface area contributed by atoms with Crippen molar-refractivity contribution in [3.8, 4) is 0 Å². The molecule has 3 heterocycles. The number of rotatable bonds is 2. The maximum Gasteiger partial charge on any atom is 0.225 e. The Hall–Kier alpha value is -0.870.